The lowest BCUT2D eigenvalue weighted by Gasteiger charge is -2.15. The first-order chi connectivity index (χ1) is 9.29. The molecule has 2 rings (SSSR count). The molecule has 1 amide bonds. The van der Waals surface area contributed by atoms with Gasteiger partial charge in [-0.05, 0) is 19.3 Å². The van der Waals surface area contributed by atoms with Crippen LogP contribution in [0.25, 0.3) is 0 Å². The standard InChI is InChI=1S/C13H20N4O2/c1-2-9-19-11-5-6-14-13(16-11)15-10-12(18)17-7-3-4-8-17/h5-6H,2-4,7-10H2,1H3,(H,14,15,16). The molecule has 0 saturated carbocycles. The Labute approximate surface area is 113 Å². The third kappa shape index (κ3) is 4.08. The molecule has 0 unspecified atom stereocenters. The zero-order chi connectivity index (χ0) is 13.5. The van der Waals surface area contributed by atoms with E-state index in [0.29, 0.717) is 18.4 Å². The average molecular weight is 264 g/mol. The maximum atomic E-state index is 11.9. The summed E-state index contributed by atoms with van der Waals surface area (Å²) in [5.74, 6) is 1.06. The molecule has 1 N–H and O–H groups in total. The number of likely N-dealkylation sites (tertiary alicyclic amines) is 1. The molecule has 6 heteroatoms. The Bertz CT molecular complexity index is 419. The summed E-state index contributed by atoms with van der Waals surface area (Å²) in [4.78, 5) is 22.0. The second-order valence-corrected chi connectivity index (χ2v) is 4.51. The van der Waals surface area contributed by atoms with Crippen LogP contribution in [-0.4, -0.2) is 47.0 Å². The number of rotatable bonds is 6. The van der Waals surface area contributed by atoms with Gasteiger partial charge in [0.2, 0.25) is 17.7 Å². The van der Waals surface area contributed by atoms with Gasteiger partial charge in [0.15, 0.2) is 0 Å². The molecule has 19 heavy (non-hydrogen) atoms. The summed E-state index contributed by atoms with van der Waals surface area (Å²) in [5.41, 5.74) is 0. The summed E-state index contributed by atoms with van der Waals surface area (Å²) in [6, 6.07) is 1.71. The van der Waals surface area contributed by atoms with E-state index in [2.05, 4.69) is 15.3 Å². The number of ether oxygens (including phenoxy) is 1. The van der Waals surface area contributed by atoms with Crippen molar-refractivity contribution >= 4 is 11.9 Å². The van der Waals surface area contributed by atoms with Crippen molar-refractivity contribution in [1.82, 2.24) is 14.9 Å². The number of carbonyl (C=O) groups is 1. The summed E-state index contributed by atoms with van der Waals surface area (Å²) >= 11 is 0. The lowest BCUT2D eigenvalue weighted by molar-refractivity contribution is -0.128. The van der Waals surface area contributed by atoms with Crippen molar-refractivity contribution in [3.8, 4) is 5.88 Å². The molecule has 1 fully saturated rings. The van der Waals surface area contributed by atoms with Crippen LogP contribution < -0.4 is 10.1 Å². The van der Waals surface area contributed by atoms with Gasteiger partial charge in [-0.3, -0.25) is 4.79 Å². The molecule has 1 aliphatic heterocycles. The molecular weight excluding hydrogens is 244 g/mol. The minimum absolute atomic E-state index is 0.0981. The van der Waals surface area contributed by atoms with Crippen LogP contribution in [0.2, 0.25) is 0 Å². The molecule has 6 nitrogen and oxygen atoms in total. The molecule has 1 saturated heterocycles. The summed E-state index contributed by atoms with van der Waals surface area (Å²) in [6.45, 7) is 4.62. The van der Waals surface area contributed by atoms with E-state index in [4.69, 9.17) is 4.74 Å². The Morgan fingerprint density at radius 3 is 3.00 bits per heavy atom. The third-order valence-corrected chi connectivity index (χ3v) is 2.94. The number of anilines is 1. The van der Waals surface area contributed by atoms with Crippen LogP contribution in [0.1, 0.15) is 26.2 Å². The van der Waals surface area contributed by atoms with E-state index >= 15 is 0 Å². The van der Waals surface area contributed by atoms with Gasteiger partial charge >= 0.3 is 0 Å². The smallest absolute Gasteiger partial charge is 0.241 e. The number of nitrogens with zero attached hydrogens (tertiary/aromatic N) is 3. The summed E-state index contributed by atoms with van der Waals surface area (Å²) < 4.78 is 5.42. The monoisotopic (exact) mass is 264 g/mol. The zero-order valence-corrected chi connectivity index (χ0v) is 11.3. The van der Waals surface area contributed by atoms with Crippen molar-refractivity contribution in [2.75, 3.05) is 31.6 Å². The zero-order valence-electron chi connectivity index (χ0n) is 11.3. The molecule has 1 aliphatic rings. The van der Waals surface area contributed by atoms with E-state index in [0.717, 1.165) is 32.4 Å². The van der Waals surface area contributed by atoms with Crippen LogP contribution in [0.3, 0.4) is 0 Å². The van der Waals surface area contributed by atoms with Crippen molar-refractivity contribution in [1.29, 1.82) is 0 Å². The first-order valence-corrected chi connectivity index (χ1v) is 6.77. The molecule has 1 aromatic heterocycles. The number of hydrogen-bond acceptors (Lipinski definition) is 5. The van der Waals surface area contributed by atoms with E-state index < -0.39 is 0 Å². The molecule has 0 aromatic carbocycles. The van der Waals surface area contributed by atoms with Crippen molar-refractivity contribution in [2.45, 2.75) is 26.2 Å². The van der Waals surface area contributed by atoms with Crippen LogP contribution in [0, 0.1) is 0 Å². The number of nitrogens with one attached hydrogen (secondary N) is 1. The van der Waals surface area contributed by atoms with Gasteiger partial charge in [-0.25, -0.2) is 4.98 Å². The van der Waals surface area contributed by atoms with E-state index in [1.54, 1.807) is 12.3 Å². The van der Waals surface area contributed by atoms with E-state index in [-0.39, 0.29) is 12.5 Å². The molecule has 0 aliphatic carbocycles. The summed E-state index contributed by atoms with van der Waals surface area (Å²) in [6.07, 6.45) is 4.76. The Morgan fingerprint density at radius 2 is 2.26 bits per heavy atom. The highest BCUT2D eigenvalue weighted by Crippen LogP contribution is 2.10. The summed E-state index contributed by atoms with van der Waals surface area (Å²) in [7, 11) is 0. The highest BCUT2D eigenvalue weighted by Gasteiger charge is 2.17. The van der Waals surface area contributed by atoms with Crippen LogP contribution in [-0.2, 0) is 4.79 Å². The molecule has 2 heterocycles. The van der Waals surface area contributed by atoms with E-state index in [1.165, 1.54) is 0 Å². The van der Waals surface area contributed by atoms with Crippen LogP contribution in [0.5, 0.6) is 5.88 Å². The number of hydrogen-bond donors (Lipinski definition) is 1. The predicted molar refractivity (Wildman–Crippen MR) is 72.1 cm³/mol. The topological polar surface area (TPSA) is 67.3 Å². The van der Waals surface area contributed by atoms with Crippen LogP contribution in [0.15, 0.2) is 12.3 Å². The molecule has 0 spiro atoms. The van der Waals surface area contributed by atoms with Gasteiger partial charge in [-0.15, -0.1) is 0 Å². The fourth-order valence-corrected chi connectivity index (χ4v) is 1.95. The summed E-state index contributed by atoms with van der Waals surface area (Å²) in [5, 5.41) is 2.94. The van der Waals surface area contributed by atoms with Gasteiger partial charge in [0.05, 0.1) is 13.2 Å². The highest BCUT2D eigenvalue weighted by molar-refractivity contribution is 5.80. The average Bonchev–Trinajstić information content (AvgIpc) is 2.97. The minimum Gasteiger partial charge on any atom is -0.478 e. The highest BCUT2D eigenvalue weighted by atomic mass is 16.5. The first kappa shape index (κ1) is 13.6. The lowest BCUT2D eigenvalue weighted by atomic mass is 10.4. The fourth-order valence-electron chi connectivity index (χ4n) is 1.95. The predicted octanol–water partition coefficient (Wildman–Crippen LogP) is 1.30. The van der Waals surface area contributed by atoms with Crippen molar-refractivity contribution < 1.29 is 9.53 Å². The fraction of sp³-hybridized carbons (Fsp3) is 0.615. The second-order valence-electron chi connectivity index (χ2n) is 4.51. The lowest BCUT2D eigenvalue weighted by Crippen LogP contribution is -2.33. The first-order valence-electron chi connectivity index (χ1n) is 6.77. The van der Waals surface area contributed by atoms with Crippen molar-refractivity contribution in [2.24, 2.45) is 0 Å². The van der Waals surface area contributed by atoms with Crippen molar-refractivity contribution in [3.05, 3.63) is 12.3 Å². The van der Waals surface area contributed by atoms with Crippen molar-refractivity contribution in [3.63, 3.8) is 0 Å². The van der Waals surface area contributed by atoms with Gasteiger partial charge in [-0.2, -0.15) is 4.98 Å². The SMILES string of the molecule is CCCOc1ccnc(NCC(=O)N2CCCC2)n1. The van der Waals surface area contributed by atoms with Gasteiger partial charge in [0, 0.05) is 25.4 Å². The van der Waals surface area contributed by atoms with E-state index in [1.807, 2.05) is 11.8 Å². The molecule has 104 valence electrons. The van der Waals surface area contributed by atoms with Gasteiger partial charge in [0.1, 0.15) is 0 Å². The van der Waals surface area contributed by atoms with Gasteiger partial charge in [-0.1, -0.05) is 6.92 Å². The quantitative estimate of drug-likeness (QED) is 0.839. The Kier molecular flexibility index (Phi) is 4.94. The molecule has 0 radical (unpaired) electrons. The maximum Gasteiger partial charge on any atom is 0.241 e. The Hall–Kier alpha value is -1.85. The van der Waals surface area contributed by atoms with Gasteiger partial charge < -0.3 is 15.0 Å². The molecule has 1 aromatic rings. The Balaban J connectivity index is 1.83. The van der Waals surface area contributed by atoms with Crippen LogP contribution >= 0.6 is 0 Å². The third-order valence-electron chi connectivity index (χ3n) is 2.94. The number of aromatic nitrogens is 2. The second kappa shape index (κ2) is 6.92. The largest absolute Gasteiger partial charge is 0.478 e. The molecule has 0 bridgehead atoms. The Morgan fingerprint density at radius 1 is 1.47 bits per heavy atom. The number of carbonyl (C=O) groups excluding carboxylic acids is 1. The maximum absolute atomic E-state index is 11.9. The van der Waals surface area contributed by atoms with E-state index in [9.17, 15) is 4.79 Å². The molecule has 0 atom stereocenters. The number of amides is 1. The normalized spacial score (nSPS) is 14.5. The minimum atomic E-state index is 0.0981. The molecular formula is C13H20N4O2. The van der Waals surface area contributed by atoms with Gasteiger partial charge in [0.25, 0.3) is 0 Å². The van der Waals surface area contributed by atoms with Crippen LogP contribution in [0.4, 0.5) is 5.95 Å².